The van der Waals surface area contributed by atoms with Gasteiger partial charge < -0.3 is 10.6 Å². The van der Waals surface area contributed by atoms with Gasteiger partial charge in [0.05, 0.1) is 8.66 Å². The number of carbonyl (C=O) groups is 1. The zero-order chi connectivity index (χ0) is 10.4. The standard InChI is InChI=1S/C9H13BrN2OS/c1-2-11-5-6-12-9(13)7-3-4-8(10)14-7/h3-4,11H,2,5-6H2,1H3,(H,12,13). The normalized spacial score (nSPS) is 10.1. The molecule has 0 unspecified atom stereocenters. The second kappa shape index (κ2) is 6.16. The molecule has 0 spiro atoms. The van der Waals surface area contributed by atoms with Crippen molar-refractivity contribution in [3.8, 4) is 0 Å². The first-order valence-corrected chi connectivity index (χ1v) is 6.09. The Morgan fingerprint density at radius 2 is 2.29 bits per heavy atom. The molecule has 0 radical (unpaired) electrons. The van der Waals surface area contributed by atoms with E-state index in [0.29, 0.717) is 6.54 Å². The number of amides is 1. The molecule has 0 aromatic carbocycles. The first-order valence-electron chi connectivity index (χ1n) is 4.48. The highest BCUT2D eigenvalue weighted by molar-refractivity contribution is 9.11. The maximum atomic E-state index is 11.5. The van der Waals surface area contributed by atoms with E-state index in [2.05, 4.69) is 26.6 Å². The van der Waals surface area contributed by atoms with Crippen molar-refractivity contribution in [2.75, 3.05) is 19.6 Å². The lowest BCUT2D eigenvalue weighted by Crippen LogP contribution is -2.31. The molecular formula is C9H13BrN2OS. The van der Waals surface area contributed by atoms with Crippen LogP contribution in [0.2, 0.25) is 0 Å². The fourth-order valence-electron chi connectivity index (χ4n) is 0.965. The van der Waals surface area contributed by atoms with Crippen LogP contribution in [0, 0.1) is 0 Å². The maximum Gasteiger partial charge on any atom is 0.261 e. The number of nitrogens with one attached hydrogen (secondary N) is 2. The molecule has 1 amide bonds. The largest absolute Gasteiger partial charge is 0.350 e. The number of thiophene rings is 1. The molecule has 3 nitrogen and oxygen atoms in total. The Kier molecular flexibility index (Phi) is 5.14. The molecule has 0 aliphatic rings. The Bertz CT molecular complexity index is 301. The quantitative estimate of drug-likeness (QED) is 0.806. The number of rotatable bonds is 5. The van der Waals surface area contributed by atoms with Gasteiger partial charge in [-0.25, -0.2) is 0 Å². The van der Waals surface area contributed by atoms with E-state index < -0.39 is 0 Å². The average molecular weight is 277 g/mol. The summed E-state index contributed by atoms with van der Waals surface area (Å²) < 4.78 is 0.981. The summed E-state index contributed by atoms with van der Waals surface area (Å²) in [6.07, 6.45) is 0. The van der Waals surface area contributed by atoms with E-state index in [-0.39, 0.29) is 5.91 Å². The van der Waals surface area contributed by atoms with Gasteiger partial charge in [0.25, 0.3) is 5.91 Å². The SMILES string of the molecule is CCNCCNC(=O)c1ccc(Br)s1. The van der Waals surface area contributed by atoms with Gasteiger partial charge in [0.15, 0.2) is 0 Å². The van der Waals surface area contributed by atoms with Crippen molar-refractivity contribution in [2.24, 2.45) is 0 Å². The van der Waals surface area contributed by atoms with Gasteiger partial charge >= 0.3 is 0 Å². The van der Waals surface area contributed by atoms with E-state index in [4.69, 9.17) is 0 Å². The summed E-state index contributed by atoms with van der Waals surface area (Å²) in [7, 11) is 0. The van der Waals surface area contributed by atoms with Gasteiger partial charge in [-0.15, -0.1) is 11.3 Å². The smallest absolute Gasteiger partial charge is 0.261 e. The third kappa shape index (κ3) is 3.77. The molecule has 2 N–H and O–H groups in total. The minimum absolute atomic E-state index is 0.00129. The van der Waals surface area contributed by atoms with E-state index in [1.807, 2.05) is 19.1 Å². The van der Waals surface area contributed by atoms with Gasteiger partial charge in [-0.2, -0.15) is 0 Å². The highest BCUT2D eigenvalue weighted by Crippen LogP contribution is 2.21. The minimum Gasteiger partial charge on any atom is -0.350 e. The fraction of sp³-hybridized carbons (Fsp3) is 0.444. The zero-order valence-corrected chi connectivity index (χ0v) is 10.4. The molecule has 0 aliphatic carbocycles. The Balaban J connectivity index is 2.29. The molecule has 0 aliphatic heterocycles. The molecule has 0 saturated heterocycles. The van der Waals surface area contributed by atoms with Crippen LogP contribution in [0.5, 0.6) is 0 Å². The first kappa shape index (κ1) is 11.7. The van der Waals surface area contributed by atoms with Gasteiger partial charge in [-0.1, -0.05) is 6.92 Å². The molecule has 1 aromatic rings. The Labute approximate surface area is 96.0 Å². The van der Waals surface area contributed by atoms with Crippen LogP contribution in [-0.4, -0.2) is 25.5 Å². The molecular weight excluding hydrogens is 264 g/mol. The molecule has 78 valence electrons. The first-order chi connectivity index (χ1) is 6.74. The number of likely N-dealkylation sites (N-methyl/N-ethyl adjacent to an activating group) is 1. The molecule has 1 rings (SSSR count). The van der Waals surface area contributed by atoms with Crippen molar-refractivity contribution < 1.29 is 4.79 Å². The number of hydrogen-bond donors (Lipinski definition) is 2. The lowest BCUT2D eigenvalue weighted by molar-refractivity contribution is 0.0958. The van der Waals surface area contributed by atoms with Crippen molar-refractivity contribution in [1.29, 1.82) is 0 Å². The Hall–Kier alpha value is -0.390. The summed E-state index contributed by atoms with van der Waals surface area (Å²) >= 11 is 4.76. The van der Waals surface area contributed by atoms with Crippen molar-refractivity contribution in [1.82, 2.24) is 10.6 Å². The van der Waals surface area contributed by atoms with Crippen LogP contribution >= 0.6 is 27.3 Å². The Morgan fingerprint density at radius 1 is 1.50 bits per heavy atom. The number of hydrogen-bond acceptors (Lipinski definition) is 3. The summed E-state index contributed by atoms with van der Waals surface area (Å²) in [5, 5.41) is 5.97. The molecule has 0 fully saturated rings. The van der Waals surface area contributed by atoms with Gasteiger partial charge in [-0.05, 0) is 34.6 Å². The van der Waals surface area contributed by atoms with Crippen LogP contribution < -0.4 is 10.6 Å². The van der Waals surface area contributed by atoms with Gasteiger partial charge in [0.1, 0.15) is 0 Å². The summed E-state index contributed by atoms with van der Waals surface area (Å²) in [4.78, 5) is 12.2. The second-order valence-electron chi connectivity index (χ2n) is 2.71. The molecule has 5 heteroatoms. The van der Waals surface area contributed by atoms with Gasteiger partial charge in [0.2, 0.25) is 0 Å². The van der Waals surface area contributed by atoms with Crippen molar-refractivity contribution >= 4 is 33.2 Å². The van der Waals surface area contributed by atoms with E-state index >= 15 is 0 Å². The molecule has 0 saturated carbocycles. The van der Waals surface area contributed by atoms with Crippen LogP contribution in [-0.2, 0) is 0 Å². The summed E-state index contributed by atoms with van der Waals surface area (Å²) in [6, 6.07) is 3.70. The van der Waals surface area contributed by atoms with E-state index in [1.54, 1.807) is 0 Å². The van der Waals surface area contributed by atoms with Crippen LogP contribution in [0.1, 0.15) is 16.6 Å². The summed E-state index contributed by atoms with van der Waals surface area (Å²) in [6.45, 7) is 4.45. The molecule has 1 heterocycles. The highest BCUT2D eigenvalue weighted by atomic mass is 79.9. The third-order valence-corrected chi connectivity index (χ3v) is 3.26. The van der Waals surface area contributed by atoms with Gasteiger partial charge in [0, 0.05) is 13.1 Å². The fourth-order valence-corrected chi connectivity index (χ4v) is 2.27. The number of halogens is 1. The maximum absolute atomic E-state index is 11.5. The summed E-state index contributed by atoms with van der Waals surface area (Å²) in [5.74, 6) is -0.00129. The predicted octanol–water partition coefficient (Wildman–Crippen LogP) is 1.85. The van der Waals surface area contributed by atoms with Crippen LogP contribution in [0.3, 0.4) is 0 Å². The van der Waals surface area contributed by atoms with Crippen LogP contribution in [0.4, 0.5) is 0 Å². The lowest BCUT2D eigenvalue weighted by atomic mass is 10.4. The van der Waals surface area contributed by atoms with E-state index in [1.165, 1.54) is 11.3 Å². The van der Waals surface area contributed by atoms with Crippen molar-refractivity contribution in [3.05, 3.63) is 20.8 Å². The van der Waals surface area contributed by atoms with Crippen molar-refractivity contribution in [3.63, 3.8) is 0 Å². The van der Waals surface area contributed by atoms with Crippen LogP contribution in [0.25, 0.3) is 0 Å². The molecule has 1 aromatic heterocycles. The molecule has 0 bridgehead atoms. The molecule has 14 heavy (non-hydrogen) atoms. The van der Waals surface area contributed by atoms with E-state index in [9.17, 15) is 4.79 Å². The second-order valence-corrected chi connectivity index (χ2v) is 5.18. The van der Waals surface area contributed by atoms with Crippen molar-refractivity contribution in [2.45, 2.75) is 6.92 Å². The minimum atomic E-state index is -0.00129. The van der Waals surface area contributed by atoms with Gasteiger partial charge in [-0.3, -0.25) is 4.79 Å². The highest BCUT2D eigenvalue weighted by Gasteiger charge is 2.06. The predicted molar refractivity (Wildman–Crippen MR) is 62.9 cm³/mol. The third-order valence-electron chi connectivity index (χ3n) is 1.63. The monoisotopic (exact) mass is 276 g/mol. The lowest BCUT2D eigenvalue weighted by Gasteiger charge is -2.03. The topological polar surface area (TPSA) is 41.1 Å². The average Bonchev–Trinajstić information content (AvgIpc) is 2.59. The van der Waals surface area contributed by atoms with E-state index in [0.717, 1.165) is 21.8 Å². The van der Waals surface area contributed by atoms with Crippen LogP contribution in [0.15, 0.2) is 15.9 Å². The Morgan fingerprint density at radius 3 is 2.86 bits per heavy atom. The summed E-state index contributed by atoms with van der Waals surface area (Å²) in [5.41, 5.74) is 0. The molecule has 0 atom stereocenters. The number of carbonyl (C=O) groups excluding carboxylic acids is 1. The zero-order valence-electron chi connectivity index (χ0n) is 7.97.